The topological polar surface area (TPSA) is 76.7 Å². The molecule has 2 amide bonds. The monoisotopic (exact) mass is 320 g/mol. The molecule has 0 saturated carbocycles. The molecule has 2 N–H and O–H groups in total. The van der Waals surface area contributed by atoms with Crippen molar-refractivity contribution in [3.8, 4) is 5.75 Å². The molecule has 1 unspecified atom stereocenters. The Bertz CT molecular complexity index is 572. The van der Waals surface area contributed by atoms with Crippen molar-refractivity contribution in [1.29, 1.82) is 0 Å². The Morgan fingerprint density at radius 1 is 1.39 bits per heavy atom. The van der Waals surface area contributed by atoms with Gasteiger partial charge >= 0.3 is 0 Å². The zero-order valence-corrected chi connectivity index (χ0v) is 13.8. The number of carbonyl (C=O) groups excluding carboxylic acids is 2. The van der Waals surface area contributed by atoms with E-state index in [1.165, 1.54) is 0 Å². The van der Waals surface area contributed by atoms with E-state index in [2.05, 4.69) is 10.6 Å². The summed E-state index contributed by atoms with van der Waals surface area (Å²) in [5, 5.41) is 5.70. The van der Waals surface area contributed by atoms with Crippen LogP contribution >= 0.6 is 0 Å². The van der Waals surface area contributed by atoms with Gasteiger partial charge in [0.1, 0.15) is 12.4 Å². The first-order valence-corrected chi connectivity index (χ1v) is 7.84. The van der Waals surface area contributed by atoms with Gasteiger partial charge in [-0.3, -0.25) is 9.59 Å². The zero-order chi connectivity index (χ0) is 16.8. The molecule has 2 rings (SSSR count). The van der Waals surface area contributed by atoms with Gasteiger partial charge in [-0.25, -0.2) is 0 Å². The molecule has 6 heteroatoms. The van der Waals surface area contributed by atoms with Crippen molar-refractivity contribution in [2.24, 2.45) is 11.8 Å². The van der Waals surface area contributed by atoms with Gasteiger partial charge in [-0.05, 0) is 30.2 Å². The number of ether oxygens (including phenoxy) is 2. The molecule has 1 atom stereocenters. The van der Waals surface area contributed by atoms with Gasteiger partial charge in [-0.2, -0.15) is 0 Å². The SMILES string of the molecule is COCCNC(=O)C1COc2ccc(NC(=O)C(C)C)cc2C1. The Morgan fingerprint density at radius 2 is 2.17 bits per heavy atom. The fourth-order valence-corrected chi connectivity index (χ4v) is 2.35. The minimum Gasteiger partial charge on any atom is -0.492 e. The molecular formula is C17H24N2O4. The first-order valence-electron chi connectivity index (χ1n) is 7.84. The minimum atomic E-state index is -0.226. The molecular weight excluding hydrogens is 296 g/mol. The lowest BCUT2D eigenvalue weighted by Gasteiger charge is -2.25. The highest BCUT2D eigenvalue weighted by Gasteiger charge is 2.26. The maximum absolute atomic E-state index is 12.1. The number of anilines is 1. The molecule has 1 aromatic rings. The summed E-state index contributed by atoms with van der Waals surface area (Å²) in [5.41, 5.74) is 1.66. The number of hydrogen-bond donors (Lipinski definition) is 2. The van der Waals surface area contributed by atoms with Crippen LogP contribution in [0.2, 0.25) is 0 Å². The summed E-state index contributed by atoms with van der Waals surface area (Å²) in [7, 11) is 1.60. The van der Waals surface area contributed by atoms with Crippen molar-refractivity contribution in [2.75, 3.05) is 32.2 Å². The van der Waals surface area contributed by atoms with E-state index >= 15 is 0 Å². The Labute approximate surface area is 136 Å². The van der Waals surface area contributed by atoms with Crippen LogP contribution in [0.25, 0.3) is 0 Å². The van der Waals surface area contributed by atoms with E-state index in [1.807, 2.05) is 32.0 Å². The van der Waals surface area contributed by atoms with Gasteiger partial charge in [0.15, 0.2) is 0 Å². The fourth-order valence-electron chi connectivity index (χ4n) is 2.35. The van der Waals surface area contributed by atoms with E-state index in [9.17, 15) is 9.59 Å². The number of hydrogen-bond acceptors (Lipinski definition) is 4. The Balaban J connectivity index is 2.01. The van der Waals surface area contributed by atoms with Gasteiger partial charge in [0.2, 0.25) is 11.8 Å². The van der Waals surface area contributed by atoms with Crippen LogP contribution in [0.15, 0.2) is 18.2 Å². The van der Waals surface area contributed by atoms with Crippen LogP contribution in [0.3, 0.4) is 0 Å². The highest BCUT2D eigenvalue weighted by atomic mass is 16.5. The number of benzene rings is 1. The number of methoxy groups -OCH3 is 1. The highest BCUT2D eigenvalue weighted by molar-refractivity contribution is 5.92. The third-order valence-corrected chi connectivity index (χ3v) is 3.73. The molecule has 0 bridgehead atoms. The molecule has 6 nitrogen and oxygen atoms in total. The lowest BCUT2D eigenvalue weighted by molar-refractivity contribution is -0.126. The van der Waals surface area contributed by atoms with Crippen LogP contribution in [0.4, 0.5) is 5.69 Å². The lowest BCUT2D eigenvalue weighted by Crippen LogP contribution is -2.38. The molecule has 1 aliphatic rings. The Kier molecular flexibility index (Phi) is 5.98. The molecule has 1 heterocycles. The van der Waals surface area contributed by atoms with E-state index in [1.54, 1.807) is 7.11 Å². The maximum Gasteiger partial charge on any atom is 0.226 e. The molecule has 0 aliphatic carbocycles. The van der Waals surface area contributed by atoms with Gasteiger partial charge < -0.3 is 20.1 Å². The smallest absolute Gasteiger partial charge is 0.226 e. The van der Waals surface area contributed by atoms with Gasteiger partial charge in [-0.15, -0.1) is 0 Å². The van der Waals surface area contributed by atoms with Crippen LogP contribution in [-0.4, -0.2) is 38.7 Å². The van der Waals surface area contributed by atoms with Crippen LogP contribution in [0, 0.1) is 11.8 Å². The molecule has 126 valence electrons. The van der Waals surface area contributed by atoms with Crippen molar-refractivity contribution in [1.82, 2.24) is 5.32 Å². The van der Waals surface area contributed by atoms with Gasteiger partial charge in [0.05, 0.1) is 12.5 Å². The minimum absolute atomic E-state index is 0.0319. The summed E-state index contributed by atoms with van der Waals surface area (Å²) in [5.74, 6) is 0.394. The summed E-state index contributed by atoms with van der Waals surface area (Å²) >= 11 is 0. The fraction of sp³-hybridized carbons (Fsp3) is 0.529. The molecule has 0 aromatic heterocycles. The molecule has 0 saturated heterocycles. The Hall–Kier alpha value is -2.08. The molecule has 1 aromatic carbocycles. The highest BCUT2D eigenvalue weighted by Crippen LogP contribution is 2.30. The van der Waals surface area contributed by atoms with Crippen molar-refractivity contribution < 1.29 is 19.1 Å². The summed E-state index contributed by atoms with van der Waals surface area (Å²) in [6, 6.07) is 5.53. The van der Waals surface area contributed by atoms with E-state index in [4.69, 9.17) is 9.47 Å². The normalized spacial score (nSPS) is 16.4. The number of rotatable bonds is 6. The van der Waals surface area contributed by atoms with Crippen molar-refractivity contribution in [3.63, 3.8) is 0 Å². The van der Waals surface area contributed by atoms with Crippen molar-refractivity contribution in [2.45, 2.75) is 20.3 Å². The summed E-state index contributed by atoms with van der Waals surface area (Å²) in [4.78, 5) is 23.9. The summed E-state index contributed by atoms with van der Waals surface area (Å²) in [6.07, 6.45) is 0.597. The summed E-state index contributed by atoms with van der Waals surface area (Å²) < 4.78 is 10.6. The standard InChI is InChI=1S/C17H24N2O4/c1-11(2)16(20)19-14-4-5-15-12(9-14)8-13(10-23-15)17(21)18-6-7-22-3/h4-5,9,11,13H,6-8,10H2,1-3H3,(H,18,21)(H,19,20). The largest absolute Gasteiger partial charge is 0.492 e. The predicted octanol–water partition coefficient (Wildman–Crippen LogP) is 1.59. The zero-order valence-electron chi connectivity index (χ0n) is 13.8. The average molecular weight is 320 g/mol. The number of nitrogens with one attached hydrogen (secondary N) is 2. The third kappa shape index (κ3) is 4.69. The van der Waals surface area contributed by atoms with Crippen molar-refractivity contribution in [3.05, 3.63) is 23.8 Å². The maximum atomic E-state index is 12.1. The first-order chi connectivity index (χ1) is 11.0. The third-order valence-electron chi connectivity index (χ3n) is 3.73. The van der Waals surface area contributed by atoms with E-state index in [-0.39, 0.29) is 23.7 Å². The Morgan fingerprint density at radius 3 is 2.87 bits per heavy atom. The molecule has 0 spiro atoms. The summed E-state index contributed by atoms with van der Waals surface area (Å²) in [6.45, 7) is 5.03. The second-order valence-electron chi connectivity index (χ2n) is 5.96. The van der Waals surface area contributed by atoms with Gasteiger partial charge in [0.25, 0.3) is 0 Å². The number of amides is 2. The van der Waals surface area contributed by atoms with Crippen LogP contribution < -0.4 is 15.4 Å². The van der Waals surface area contributed by atoms with E-state index in [0.717, 1.165) is 17.0 Å². The molecule has 1 aliphatic heterocycles. The second-order valence-corrected chi connectivity index (χ2v) is 5.96. The van der Waals surface area contributed by atoms with Gasteiger partial charge in [-0.1, -0.05) is 13.8 Å². The van der Waals surface area contributed by atoms with Gasteiger partial charge in [0, 0.05) is 25.3 Å². The predicted molar refractivity (Wildman–Crippen MR) is 87.5 cm³/mol. The number of carbonyl (C=O) groups is 2. The molecule has 0 radical (unpaired) electrons. The second kappa shape index (κ2) is 7.97. The molecule has 0 fully saturated rings. The average Bonchev–Trinajstić information content (AvgIpc) is 2.54. The first kappa shape index (κ1) is 17.3. The molecule has 23 heavy (non-hydrogen) atoms. The van der Waals surface area contributed by atoms with Crippen LogP contribution in [0.1, 0.15) is 19.4 Å². The van der Waals surface area contributed by atoms with Crippen LogP contribution in [-0.2, 0) is 20.7 Å². The van der Waals surface area contributed by atoms with E-state index < -0.39 is 0 Å². The quantitative estimate of drug-likeness (QED) is 0.781. The number of fused-ring (bicyclic) bond motifs is 1. The van der Waals surface area contributed by atoms with Crippen molar-refractivity contribution >= 4 is 17.5 Å². The lowest BCUT2D eigenvalue weighted by atomic mass is 9.95. The van der Waals surface area contributed by atoms with Crippen LogP contribution in [0.5, 0.6) is 5.75 Å². The van der Waals surface area contributed by atoms with E-state index in [0.29, 0.717) is 26.2 Å².